The third kappa shape index (κ3) is 2.88. The number of likely N-dealkylation sites (N-methyl/N-ethyl adjacent to an activating group) is 2. The van der Waals surface area contributed by atoms with Gasteiger partial charge in [0.05, 0.1) is 13.2 Å². The summed E-state index contributed by atoms with van der Waals surface area (Å²) in [5, 5.41) is 3.29. The molecule has 2 amide bonds. The predicted molar refractivity (Wildman–Crippen MR) is 79.1 cm³/mol. The van der Waals surface area contributed by atoms with Gasteiger partial charge in [-0.05, 0) is 20.0 Å². The maximum absolute atomic E-state index is 12.0. The van der Waals surface area contributed by atoms with Gasteiger partial charge in [-0.1, -0.05) is 17.7 Å². The van der Waals surface area contributed by atoms with Crippen LogP contribution in [-0.2, 0) is 0 Å². The van der Waals surface area contributed by atoms with Gasteiger partial charge < -0.3 is 19.9 Å². The van der Waals surface area contributed by atoms with Crippen molar-refractivity contribution in [2.75, 3.05) is 40.8 Å². The van der Waals surface area contributed by atoms with Gasteiger partial charge in [-0.3, -0.25) is 0 Å². The van der Waals surface area contributed by atoms with Gasteiger partial charge in [-0.25, -0.2) is 4.79 Å². The molecule has 2 rings (SSSR count). The van der Waals surface area contributed by atoms with Crippen molar-refractivity contribution in [1.82, 2.24) is 15.1 Å². The molecule has 5 heteroatoms. The number of nitrogens with one attached hydrogen (secondary N) is 1. The van der Waals surface area contributed by atoms with E-state index < -0.39 is 0 Å². The Morgan fingerprint density at radius 1 is 1.40 bits per heavy atom. The van der Waals surface area contributed by atoms with Gasteiger partial charge >= 0.3 is 6.03 Å². The third-order valence-corrected chi connectivity index (χ3v) is 3.81. The first-order valence-corrected chi connectivity index (χ1v) is 6.88. The summed E-state index contributed by atoms with van der Waals surface area (Å²) in [5.74, 6) is 0.856. The minimum absolute atomic E-state index is 0.0697. The highest BCUT2D eigenvalue weighted by molar-refractivity contribution is 5.76. The van der Waals surface area contributed by atoms with Gasteiger partial charge in [0.25, 0.3) is 0 Å². The summed E-state index contributed by atoms with van der Waals surface area (Å²) in [7, 11) is 5.43. The van der Waals surface area contributed by atoms with E-state index >= 15 is 0 Å². The number of aryl methyl sites for hydroxylation is 1. The molecule has 1 aromatic rings. The monoisotopic (exact) mass is 277 g/mol. The summed E-state index contributed by atoms with van der Waals surface area (Å²) in [6.07, 6.45) is 0. The maximum atomic E-state index is 12.0. The summed E-state index contributed by atoms with van der Waals surface area (Å²) in [5.41, 5.74) is 2.28. The number of urea groups is 1. The smallest absolute Gasteiger partial charge is 0.319 e. The van der Waals surface area contributed by atoms with Crippen molar-refractivity contribution < 1.29 is 9.53 Å². The lowest BCUT2D eigenvalue weighted by Crippen LogP contribution is -2.36. The quantitative estimate of drug-likeness (QED) is 0.890. The predicted octanol–water partition coefficient (Wildman–Crippen LogP) is 1.63. The molecule has 1 saturated heterocycles. The molecule has 0 saturated carbocycles. The molecule has 1 aliphatic rings. The zero-order chi connectivity index (χ0) is 14.7. The van der Waals surface area contributed by atoms with Crippen molar-refractivity contribution >= 4 is 6.03 Å². The summed E-state index contributed by atoms with van der Waals surface area (Å²) in [4.78, 5) is 15.6. The fraction of sp³-hybridized carbons (Fsp3) is 0.533. The number of hydrogen-bond acceptors (Lipinski definition) is 3. The highest BCUT2D eigenvalue weighted by Gasteiger charge is 2.28. The molecule has 110 valence electrons. The van der Waals surface area contributed by atoms with Crippen LogP contribution in [0.1, 0.15) is 17.2 Å². The van der Waals surface area contributed by atoms with Crippen LogP contribution in [-0.4, -0.2) is 56.7 Å². The highest BCUT2D eigenvalue weighted by atomic mass is 16.5. The van der Waals surface area contributed by atoms with E-state index in [1.165, 1.54) is 5.56 Å². The normalized spacial score (nSPS) is 16.7. The third-order valence-electron chi connectivity index (χ3n) is 3.81. The Bertz CT molecular complexity index is 490. The number of rotatable bonds is 5. The molecule has 0 aliphatic carbocycles. The molecule has 0 radical (unpaired) electrons. The van der Waals surface area contributed by atoms with Gasteiger partial charge in [-0.2, -0.15) is 0 Å². The molecule has 5 nitrogen and oxygen atoms in total. The van der Waals surface area contributed by atoms with Gasteiger partial charge in [0, 0.05) is 32.2 Å². The average Bonchev–Trinajstić information content (AvgIpc) is 2.76. The second-order valence-corrected chi connectivity index (χ2v) is 5.24. The van der Waals surface area contributed by atoms with E-state index in [0.717, 1.165) is 24.4 Å². The number of amides is 2. The van der Waals surface area contributed by atoms with Crippen molar-refractivity contribution in [2.45, 2.75) is 13.0 Å². The summed E-state index contributed by atoms with van der Waals surface area (Å²) < 4.78 is 5.44. The fourth-order valence-electron chi connectivity index (χ4n) is 2.56. The molecule has 0 aromatic heterocycles. The fourth-order valence-corrected chi connectivity index (χ4v) is 2.56. The first-order valence-electron chi connectivity index (χ1n) is 6.88. The van der Waals surface area contributed by atoms with Crippen LogP contribution in [0.5, 0.6) is 5.75 Å². The Labute approximate surface area is 120 Å². The van der Waals surface area contributed by atoms with Crippen LogP contribution in [0.15, 0.2) is 18.2 Å². The molecular weight excluding hydrogens is 254 g/mol. The number of methoxy groups -OCH3 is 1. The van der Waals surface area contributed by atoms with Crippen LogP contribution in [0.4, 0.5) is 4.79 Å². The van der Waals surface area contributed by atoms with E-state index in [1.54, 1.807) is 12.0 Å². The molecule has 1 fully saturated rings. The van der Waals surface area contributed by atoms with Gasteiger partial charge in [0.1, 0.15) is 5.75 Å². The van der Waals surface area contributed by atoms with E-state index in [-0.39, 0.29) is 12.1 Å². The van der Waals surface area contributed by atoms with E-state index in [4.69, 9.17) is 4.74 Å². The summed E-state index contributed by atoms with van der Waals surface area (Å²) in [6, 6.07) is 6.29. The SMILES string of the molecule is CNC(CN1CCN(C)C1=O)c1cc(C)ccc1OC. The molecule has 1 atom stereocenters. The maximum Gasteiger partial charge on any atom is 0.319 e. The highest BCUT2D eigenvalue weighted by Crippen LogP contribution is 2.27. The standard InChI is InChI=1S/C15H23N3O2/c1-11-5-6-14(20-4)12(9-11)13(16-2)10-18-8-7-17(3)15(18)19/h5-6,9,13,16H,7-8,10H2,1-4H3. The van der Waals surface area contributed by atoms with Crippen LogP contribution in [0.2, 0.25) is 0 Å². The summed E-state index contributed by atoms with van der Waals surface area (Å²) >= 11 is 0. The Kier molecular flexibility index (Phi) is 4.49. The molecular formula is C15H23N3O2. The number of carbonyl (C=O) groups is 1. The van der Waals surface area contributed by atoms with Crippen molar-refractivity contribution in [2.24, 2.45) is 0 Å². The van der Waals surface area contributed by atoms with Crippen molar-refractivity contribution in [1.29, 1.82) is 0 Å². The van der Waals surface area contributed by atoms with E-state index in [9.17, 15) is 4.79 Å². The first-order chi connectivity index (χ1) is 9.56. The number of ether oxygens (including phenoxy) is 1. The molecule has 0 spiro atoms. The molecule has 1 aliphatic heterocycles. The molecule has 20 heavy (non-hydrogen) atoms. The lowest BCUT2D eigenvalue weighted by molar-refractivity contribution is 0.194. The minimum atomic E-state index is 0.0697. The van der Waals surface area contributed by atoms with Crippen LogP contribution >= 0.6 is 0 Å². The number of nitrogens with zero attached hydrogens (tertiary/aromatic N) is 2. The summed E-state index contributed by atoms with van der Waals surface area (Å²) in [6.45, 7) is 4.28. The topological polar surface area (TPSA) is 44.8 Å². The van der Waals surface area contributed by atoms with E-state index in [2.05, 4.69) is 18.3 Å². The molecule has 1 N–H and O–H groups in total. The van der Waals surface area contributed by atoms with E-state index in [1.807, 2.05) is 31.1 Å². The largest absolute Gasteiger partial charge is 0.496 e. The Morgan fingerprint density at radius 3 is 2.70 bits per heavy atom. The zero-order valence-electron chi connectivity index (χ0n) is 12.6. The number of hydrogen-bond donors (Lipinski definition) is 1. The van der Waals surface area contributed by atoms with Gasteiger partial charge in [0.15, 0.2) is 0 Å². The molecule has 1 aromatic carbocycles. The lowest BCUT2D eigenvalue weighted by atomic mass is 10.0. The Morgan fingerprint density at radius 2 is 2.15 bits per heavy atom. The zero-order valence-corrected chi connectivity index (χ0v) is 12.6. The number of benzene rings is 1. The van der Waals surface area contributed by atoms with Crippen molar-refractivity contribution in [3.05, 3.63) is 29.3 Å². The van der Waals surface area contributed by atoms with Crippen molar-refractivity contribution in [3.8, 4) is 5.75 Å². The molecule has 0 bridgehead atoms. The first kappa shape index (κ1) is 14.7. The van der Waals surface area contributed by atoms with E-state index in [0.29, 0.717) is 6.54 Å². The number of carbonyl (C=O) groups excluding carboxylic acids is 1. The Hall–Kier alpha value is -1.75. The van der Waals surface area contributed by atoms with Crippen LogP contribution in [0, 0.1) is 6.92 Å². The van der Waals surface area contributed by atoms with Crippen molar-refractivity contribution in [3.63, 3.8) is 0 Å². The van der Waals surface area contributed by atoms with Crippen LogP contribution < -0.4 is 10.1 Å². The molecule has 1 unspecified atom stereocenters. The van der Waals surface area contributed by atoms with Crippen LogP contribution in [0.25, 0.3) is 0 Å². The van der Waals surface area contributed by atoms with Gasteiger partial charge in [-0.15, -0.1) is 0 Å². The van der Waals surface area contributed by atoms with Gasteiger partial charge in [0.2, 0.25) is 0 Å². The second kappa shape index (κ2) is 6.13. The second-order valence-electron chi connectivity index (χ2n) is 5.24. The van der Waals surface area contributed by atoms with Crippen LogP contribution in [0.3, 0.4) is 0 Å². The minimum Gasteiger partial charge on any atom is -0.496 e. The Balaban J connectivity index is 2.20. The lowest BCUT2D eigenvalue weighted by Gasteiger charge is -2.25. The average molecular weight is 277 g/mol. The molecule has 1 heterocycles.